The molecule has 1 aromatic rings. The van der Waals surface area contributed by atoms with Crippen LogP contribution in [0.2, 0.25) is 0 Å². The molecule has 0 spiro atoms. The van der Waals surface area contributed by atoms with E-state index in [0.717, 1.165) is 0 Å². The molecule has 70 valence electrons. The molecule has 0 aromatic heterocycles. The SMILES string of the molecule is O=COCC(=O)O.c1ccccc1. The molecule has 0 radical (unpaired) electrons. The molecule has 1 aromatic carbocycles. The van der Waals surface area contributed by atoms with Crippen LogP contribution in [0.1, 0.15) is 0 Å². The minimum absolute atomic E-state index is 0.0914. The lowest BCUT2D eigenvalue weighted by Crippen LogP contribution is -2.04. The van der Waals surface area contributed by atoms with Crippen LogP contribution < -0.4 is 0 Å². The molecule has 0 unspecified atom stereocenters. The number of carbonyl (C=O) groups is 2. The Hall–Kier alpha value is -1.84. The summed E-state index contributed by atoms with van der Waals surface area (Å²) in [6.45, 7) is -0.461. The summed E-state index contributed by atoms with van der Waals surface area (Å²) in [4.78, 5) is 18.7. The van der Waals surface area contributed by atoms with Crippen LogP contribution in [-0.4, -0.2) is 24.2 Å². The lowest BCUT2D eigenvalue weighted by Gasteiger charge is -1.85. The van der Waals surface area contributed by atoms with E-state index < -0.39 is 12.6 Å². The van der Waals surface area contributed by atoms with Crippen LogP contribution >= 0.6 is 0 Å². The summed E-state index contributed by atoms with van der Waals surface area (Å²) in [5, 5.41) is 7.76. The van der Waals surface area contributed by atoms with Gasteiger partial charge in [-0.2, -0.15) is 0 Å². The maximum atomic E-state index is 9.47. The van der Waals surface area contributed by atoms with Crippen molar-refractivity contribution in [3.8, 4) is 0 Å². The Balaban J connectivity index is 0.000000223. The van der Waals surface area contributed by atoms with Crippen LogP contribution in [0.3, 0.4) is 0 Å². The van der Waals surface area contributed by atoms with E-state index in [9.17, 15) is 9.59 Å². The van der Waals surface area contributed by atoms with Crippen LogP contribution in [0.15, 0.2) is 36.4 Å². The second-order valence-electron chi connectivity index (χ2n) is 1.96. The highest BCUT2D eigenvalue weighted by molar-refractivity contribution is 5.69. The number of rotatable bonds is 3. The first-order valence-corrected chi connectivity index (χ1v) is 3.54. The Bertz CT molecular complexity index is 206. The van der Waals surface area contributed by atoms with Crippen LogP contribution in [0.25, 0.3) is 0 Å². The average molecular weight is 182 g/mol. The van der Waals surface area contributed by atoms with Gasteiger partial charge in [0, 0.05) is 0 Å². The van der Waals surface area contributed by atoms with Crippen molar-refractivity contribution in [2.45, 2.75) is 0 Å². The molecule has 0 aliphatic heterocycles. The van der Waals surface area contributed by atoms with Crippen molar-refractivity contribution in [2.24, 2.45) is 0 Å². The van der Waals surface area contributed by atoms with Gasteiger partial charge in [-0.1, -0.05) is 36.4 Å². The Morgan fingerprint density at radius 3 is 1.69 bits per heavy atom. The van der Waals surface area contributed by atoms with E-state index in [1.165, 1.54) is 0 Å². The van der Waals surface area contributed by atoms with E-state index in [4.69, 9.17) is 5.11 Å². The van der Waals surface area contributed by atoms with Crippen molar-refractivity contribution in [3.05, 3.63) is 36.4 Å². The summed E-state index contributed by atoms with van der Waals surface area (Å²) in [6, 6.07) is 12.0. The van der Waals surface area contributed by atoms with Gasteiger partial charge in [0.05, 0.1) is 0 Å². The smallest absolute Gasteiger partial charge is 0.341 e. The molecular formula is C9H10O4. The Morgan fingerprint density at radius 2 is 1.54 bits per heavy atom. The zero-order valence-electron chi connectivity index (χ0n) is 6.92. The lowest BCUT2D eigenvalue weighted by atomic mass is 10.4. The van der Waals surface area contributed by atoms with Crippen molar-refractivity contribution in [1.29, 1.82) is 0 Å². The first-order valence-electron chi connectivity index (χ1n) is 3.54. The topological polar surface area (TPSA) is 63.6 Å². The van der Waals surface area contributed by atoms with Gasteiger partial charge in [-0.05, 0) is 0 Å². The third-order valence-corrected chi connectivity index (χ3v) is 0.942. The number of benzene rings is 1. The molecule has 0 bridgehead atoms. The lowest BCUT2D eigenvalue weighted by molar-refractivity contribution is -0.147. The Labute approximate surface area is 75.8 Å². The minimum atomic E-state index is -1.15. The maximum absolute atomic E-state index is 9.47. The summed E-state index contributed by atoms with van der Waals surface area (Å²) < 4.78 is 3.81. The average Bonchev–Trinajstić information content (AvgIpc) is 2.18. The molecule has 0 amide bonds. The number of aliphatic carboxylic acids is 1. The highest BCUT2D eigenvalue weighted by Gasteiger charge is 1.90. The van der Waals surface area contributed by atoms with Crippen molar-refractivity contribution in [3.63, 3.8) is 0 Å². The molecule has 0 aliphatic carbocycles. The fourth-order valence-electron chi connectivity index (χ4n) is 0.490. The normalized spacial score (nSPS) is 7.69. The van der Waals surface area contributed by atoms with Gasteiger partial charge in [0.2, 0.25) is 0 Å². The van der Waals surface area contributed by atoms with E-state index in [1.54, 1.807) is 0 Å². The number of carboxylic acid groups (broad SMARTS) is 1. The maximum Gasteiger partial charge on any atom is 0.341 e. The molecule has 0 saturated heterocycles. The first-order chi connectivity index (χ1) is 6.27. The molecule has 0 saturated carbocycles. The van der Waals surface area contributed by atoms with Gasteiger partial charge in [-0.25, -0.2) is 4.79 Å². The molecule has 0 atom stereocenters. The molecule has 13 heavy (non-hydrogen) atoms. The zero-order valence-corrected chi connectivity index (χ0v) is 6.92. The van der Waals surface area contributed by atoms with Crippen molar-refractivity contribution < 1.29 is 19.4 Å². The van der Waals surface area contributed by atoms with E-state index in [0.29, 0.717) is 0 Å². The van der Waals surface area contributed by atoms with Gasteiger partial charge < -0.3 is 9.84 Å². The molecule has 0 fully saturated rings. The van der Waals surface area contributed by atoms with Crippen LogP contribution in [0, 0.1) is 0 Å². The van der Waals surface area contributed by atoms with Gasteiger partial charge in [0.25, 0.3) is 6.47 Å². The quantitative estimate of drug-likeness (QED) is 0.706. The van der Waals surface area contributed by atoms with E-state index in [1.807, 2.05) is 36.4 Å². The number of ether oxygens (including phenoxy) is 1. The van der Waals surface area contributed by atoms with Gasteiger partial charge in [0.1, 0.15) is 0 Å². The molecular weight excluding hydrogens is 172 g/mol. The molecule has 1 N–H and O–H groups in total. The minimum Gasteiger partial charge on any atom is -0.479 e. The summed E-state index contributed by atoms with van der Waals surface area (Å²) in [7, 11) is 0. The second-order valence-corrected chi connectivity index (χ2v) is 1.96. The van der Waals surface area contributed by atoms with Gasteiger partial charge >= 0.3 is 5.97 Å². The van der Waals surface area contributed by atoms with Crippen LogP contribution in [-0.2, 0) is 14.3 Å². The monoisotopic (exact) mass is 182 g/mol. The molecule has 0 heterocycles. The number of hydrogen-bond acceptors (Lipinski definition) is 3. The summed E-state index contributed by atoms with van der Waals surface area (Å²) in [6.07, 6.45) is 0. The fourth-order valence-corrected chi connectivity index (χ4v) is 0.490. The van der Waals surface area contributed by atoms with Gasteiger partial charge in [0.15, 0.2) is 6.61 Å². The van der Waals surface area contributed by atoms with Crippen molar-refractivity contribution >= 4 is 12.4 Å². The van der Waals surface area contributed by atoms with E-state index >= 15 is 0 Å². The highest BCUT2D eigenvalue weighted by atomic mass is 16.5. The molecule has 4 heteroatoms. The third-order valence-electron chi connectivity index (χ3n) is 0.942. The van der Waals surface area contributed by atoms with E-state index in [2.05, 4.69) is 4.74 Å². The van der Waals surface area contributed by atoms with Crippen LogP contribution in [0.4, 0.5) is 0 Å². The molecule has 1 rings (SSSR count). The predicted octanol–water partition coefficient (Wildman–Crippen LogP) is 0.931. The third kappa shape index (κ3) is 10.2. The summed E-state index contributed by atoms with van der Waals surface area (Å²) >= 11 is 0. The number of hydrogen-bond donors (Lipinski definition) is 1. The second kappa shape index (κ2) is 8.26. The molecule has 4 nitrogen and oxygen atoms in total. The zero-order chi connectivity index (χ0) is 9.94. The summed E-state index contributed by atoms with van der Waals surface area (Å²) in [5.74, 6) is -1.15. The van der Waals surface area contributed by atoms with Crippen molar-refractivity contribution in [2.75, 3.05) is 6.61 Å². The first kappa shape index (κ1) is 11.2. The van der Waals surface area contributed by atoms with E-state index in [-0.39, 0.29) is 6.47 Å². The Kier molecular flexibility index (Phi) is 7.09. The highest BCUT2D eigenvalue weighted by Crippen LogP contribution is 1.79. The standard InChI is InChI=1S/C6H6.C3H4O4/c1-2-4-6-5-3-1;4-2-7-1-3(5)6/h1-6H;2H,1H2,(H,5,6). The predicted molar refractivity (Wildman–Crippen MR) is 46.1 cm³/mol. The molecule has 0 aliphatic rings. The Morgan fingerprint density at radius 1 is 1.15 bits per heavy atom. The summed E-state index contributed by atoms with van der Waals surface area (Å²) in [5.41, 5.74) is 0. The number of carbonyl (C=O) groups excluding carboxylic acids is 1. The van der Waals surface area contributed by atoms with Gasteiger partial charge in [-0.3, -0.25) is 4.79 Å². The van der Waals surface area contributed by atoms with Crippen molar-refractivity contribution in [1.82, 2.24) is 0 Å². The fraction of sp³-hybridized carbons (Fsp3) is 0.111. The van der Waals surface area contributed by atoms with Crippen LogP contribution in [0.5, 0.6) is 0 Å². The largest absolute Gasteiger partial charge is 0.479 e. The van der Waals surface area contributed by atoms with Gasteiger partial charge in [-0.15, -0.1) is 0 Å². The number of carboxylic acids is 1.